The maximum atomic E-state index is 13.4. The van der Waals surface area contributed by atoms with Crippen molar-refractivity contribution in [3.05, 3.63) is 148 Å². The van der Waals surface area contributed by atoms with Crippen molar-refractivity contribution in [3.8, 4) is 11.1 Å². The summed E-state index contributed by atoms with van der Waals surface area (Å²) in [6, 6.07) is 26.3. The summed E-state index contributed by atoms with van der Waals surface area (Å²) in [5, 5.41) is 2.12. The fourth-order valence-electron chi connectivity index (χ4n) is 6.46. The van der Waals surface area contributed by atoms with E-state index in [2.05, 4.69) is 42.5 Å². The van der Waals surface area contributed by atoms with Crippen LogP contribution in [0.1, 0.15) is 37.8 Å². The molecule has 2 nitrogen and oxygen atoms in total. The number of ketones is 2. The van der Waals surface area contributed by atoms with Gasteiger partial charge in [0.25, 0.3) is 0 Å². The first-order valence-electron chi connectivity index (χ1n) is 12.5. The van der Waals surface area contributed by atoms with Crippen LogP contribution in [-0.4, -0.2) is 11.6 Å². The van der Waals surface area contributed by atoms with E-state index in [4.69, 9.17) is 0 Å². The van der Waals surface area contributed by atoms with E-state index in [-0.39, 0.29) is 23.4 Å². The minimum absolute atomic E-state index is 0.0355. The summed E-state index contributed by atoms with van der Waals surface area (Å²) in [7, 11) is 0. The van der Waals surface area contributed by atoms with Crippen LogP contribution >= 0.6 is 11.8 Å². The highest BCUT2D eigenvalue weighted by Gasteiger charge is 2.41. The molecule has 0 heterocycles. The normalized spacial score (nSPS) is 20.5. The first-order valence-corrected chi connectivity index (χ1v) is 13.3. The lowest BCUT2D eigenvalue weighted by atomic mass is 9.65. The summed E-state index contributed by atoms with van der Waals surface area (Å²) in [5.74, 6) is 0.419. The second-order valence-corrected chi connectivity index (χ2v) is 11.0. The van der Waals surface area contributed by atoms with E-state index >= 15 is 0 Å². The Morgan fingerprint density at radius 1 is 0.649 bits per heavy atom. The third-order valence-corrected chi connectivity index (χ3v) is 9.24. The zero-order valence-corrected chi connectivity index (χ0v) is 20.6. The third-order valence-electron chi connectivity index (χ3n) is 8.07. The lowest BCUT2D eigenvalue weighted by Gasteiger charge is -2.38. The van der Waals surface area contributed by atoms with Gasteiger partial charge in [0.15, 0.2) is 11.6 Å². The molecule has 174 valence electrons. The van der Waals surface area contributed by atoms with Crippen LogP contribution < -0.4 is 0 Å². The van der Waals surface area contributed by atoms with Crippen LogP contribution in [0.25, 0.3) is 21.9 Å². The number of hydrogen-bond acceptors (Lipinski definition) is 3. The highest BCUT2D eigenvalue weighted by molar-refractivity contribution is 8.03. The van der Waals surface area contributed by atoms with E-state index < -0.39 is 0 Å². The number of benzene rings is 4. The van der Waals surface area contributed by atoms with E-state index in [1.807, 2.05) is 66.7 Å². The molecule has 0 N–H and O–H groups in total. The highest BCUT2D eigenvalue weighted by Crippen LogP contribution is 2.52. The molecular formula is C34H20O2S. The summed E-state index contributed by atoms with van der Waals surface area (Å²) < 4.78 is 0. The van der Waals surface area contributed by atoms with Crippen molar-refractivity contribution in [1.29, 1.82) is 0 Å². The zero-order valence-electron chi connectivity index (χ0n) is 19.8. The van der Waals surface area contributed by atoms with Crippen molar-refractivity contribution in [2.75, 3.05) is 0 Å². The third kappa shape index (κ3) is 2.83. The van der Waals surface area contributed by atoms with Crippen molar-refractivity contribution >= 4 is 34.1 Å². The summed E-state index contributed by atoms with van der Waals surface area (Å²) in [6.07, 6.45) is 10.7. The van der Waals surface area contributed by atoms with Crippen LogP contribution in [0.3, 0.4) is 0 Å². The number of thioether (sulfide) groups is 1. The molecule has 0 fully saturated rings. The maximum Gasteiger partial charge on any atom is 0.194 e. The Kier molecular flexibility index (Phi) is 4.32. The number of allylic oxidation sites excluding steroid dienone is 7. The molecule has 0 bridgehead atoms. The minimum Gasteiger partial charge on any atom is -0.289 e. The Morgan fingerprint density at radius 3 is 2.32 bits per heavy atom. The average Bonchev–Trinajstić information content (AvgIpc) is 2.95. The minimum atomic E-state index is 0.0355. The summed E-state index contributed by atoms with van der Waals surface area (Å²) in [6.45, 7) is 0. The lowest BCUT2D eigenvalue weighted by molar-refractivity contribution is 0.101. The lowest BCUT2D eigenvalue weighted by Crippen LogP contribution is -2.31. The highest BCUT2D eigenvalue weighted by atomic mass is 32.2. The summed E-state index contributed by atoms with van der Waals surface area (Å²) >= 11 is 1.73. The van der Waals surface area contributed by atoms with E-state index in [1.165, 1.54) is 5.57 Å². The molecular weight excluding hydrogens is 472 g/mol. The summed E-state index contributed by atoms with van der Waals surface area (Å²) in [4.78, 5) is 29.0. The van der Waals surface area contributed by atoms with Gasteiger partial charge in [0.05, 0.1) is 0 Å². The molecule has 0 radical (unpaired) electrons. The van der Waals surface area contributed by atoms with Gasteiger partial charge < -0.3 is 0 Å². The predicted octanol–water partition coefficient (Wildman–Crippen LogP) is 8.06. The van der Waals surface area contributed by atoms with E-state index in [9.17, 15) is 9.59 Å². The molecule has 0 spiro atoms. The first kappa shape index (κ1) is 20.9. The number of fused-ring (bicyclic) bond motifs is 4. The van der Waals surface area contributed by atoms with Gasteiger partial charge in [0.2, 0.25) is 0 Å². The van der Waals surface area contributed by atoms with Gasteiger partial charge in [-0.3, -0.25) is 9.59 Å². The smallest absolute Gasteiger partial charge is 0.194 e. The molecule has 4 aliphatic rings. The molecule has 8 rings (SSSR count). The van der Waals surface area contributed by atoms with Crippen LogP contribution in [0, 0.1) is 5.92 Å². The Labute approximate surface area is 218 Å². The van der Waals surface area contributed by atoms with Gasteiger partial charge in [-0.1, -0.05) is 115 Å². The van der Waals surface area contributed by atoms with Crippen LogP contribution in [0.2, 0.25) is 0 Å². The molecule has 0 aliphatic heterocycles. The van der Waals surface area contributed by atoms with Crippen LogP contribution in [0.4, 0.5) is 0 Å². The Morgan fingerprint density at radius 2 is 1.43 bits per heavy atom. The number of carbonyl (C=O) groups excluding carboxylic acids is 2. The molecule has 3 heteroatoms. The molecule has 0 saturated carbocycles. The van der Waals surface area contributed by atoms with Crippen molar-refractivity contribution in [1.82, 2.24) is 0 Å². The topological polar surface area (TPSA) is 34.1 Å². The fraction of sp³-hybridized carbons (Fsp3) is 0.0588. The van der Waals surface area contributed by atoms with Crippen molar-refractivity contribution in [2.45, 2.75) is 10.8 Å². The monoisotopic (exact) mass is 492 g/mol. The fourth-order valence-corrected chi connectivity index (χ4v) is 7.57. The quantitative estimate of drug-likeness (QED) is 0.250. The van der Waals surface area contributed by atoms with E-state index in [0.717, 1.165) is 59.5 Å². The van der Waals surface area contributed by atoms with Crippen molar-refractivity contribution < 1.29 is 9.59 Å². The standard InChI is InChI=1S/C34H20O2S/c35-33-23-9-3-1-7-19(23)21-15-17-29(25-11-5-13-27(33)31(21)25)37-30-18-16-22-20-8-2-4-10-24(20)34(36)28-14-6-12-26(30)32(22)28/h1-18,21,31H. The van der Waals surface area contributed by atoms with Crippen molar-refractivity contribution in [3.63, 3.8) is 0 Å². The molecule has 4 aliphatic carbocycles. The molecule has 0 saturated heterocycles. The second-order valence-electron chi connectivity index (χ2n) is 9.90. The molecule has 0 amide bonds. The Bertz CT molecular complexity index is 1850. The van der Waals surface area contributed by atoms with Crippen molar-refractivity contribution in [2.24, 2.45) is 5.92 Å². The number of hydrogen-bond donors (Lipinski definition) is 0. The Hall–Kier alpha value is -4.21. The average molecular weight is 493 g/mol. The molecule has 4 aromatic carbocycles. The first-order chi connectivity index (χ1) is 18.2. The second kappa shape index (κ2) is 7.64. The van der Waals surface area contributed by atoms with Gasteiger partial charge >= 0.3 is 0 Å². The van der Waals surface area contributed by atoms with Gasteiger partial charge in [-0.25, -0.2) is 0 Å². The van der Waals surface area contributed by atoms with Gasteiger partial charge in [-0.15, -0.1) is 0 Å². The maximum absolute atomic E-state index is 13.4. The van der Waals surface area contributed by atoms with Gasteiger partial charge in [-0.05, 0) is 33.7 Å². The molecule has 2 unspecified atom stereocenters. The number of carbonyl (C=O) groups is 2. The largest absolute Gasteiger partial charge is 0.289 e. The van der Waals surface area contributed by atoms with Gasteiger partial charge in [0, 0.05) is 49.3 Å². The van der Waals surface area contributed by atoms with Gasteiger partial charge in [-0.2, -0.15) is 0 Å². The van der Waals surface area contributed by atoms with Gasteiger partial charge in [0.1, 0.15) is 0 Å². The SMILES string of the molecule is O=C1C2=CC=CC3=C(Sc4ccc5c6c(cccc46)C(=O)c4ccccc4-5)C=CC(c4ccccc41)C23. The molecule has 37 heavy (non-hydrogen) atoms. The zero-order chi connectivity index (χ0) is 24.7. The molecule has 0 aromatic heterocycles. The van der Waals surface area contributed by atoms with Crippen LogP contribution in [0.15, 0.2) is 130 Å². The van der Waals surface area contributed by atoms with Crippen LogP contribution in [0.5, 0.6) is 0 Å². The number of rotatable bonds is 2. The predicted molar refractivity (Wildman–Crippen MR) is 149 cm³/mol. The Balaban J connectivity index is 1.28. The molecule has 4 aromatic rings. The summed E-state index contributed by atoms with van der Waals surface area (Å²) in [5.41, 5.74) is 7.65. The number of Topliss-reactive ketones (excluding diaryl/α,β-unsaturated/α-hetero) is 1. The van der Waals surface area contributed by atoms with Crippen LogP contribution in [-0.2, 0) is 0 Å². The molecule has 2 atom stereocenters. The van der Waals surface area contributed by atoms with E-state index in [1.54, 1.807) is 11.8 Å². The van der Waals surface area contributed by atoms with E-state index in [0.29, 0.717) is 0 Å².